The Bertz CT molecular complexity index is 5650. The number of amidine groups is 3. The highest BCUT2D eigenvalue weighted by Crippen LogP contribution is 2.24. The van der Waals surface area contributed by atoms with Crippen molar-refractivity contribution in [2.45, 2.75) is 45.4 Å². The number of carbonyl (C=O) groups excluding carboxylic acids is 7. The zero-order chi connectivity index (χ0) is 82.9. The van der Waals surface area contributed by atoms with E-state index < -0.39 is 17.7 Å². The van der Waals surface area contributed by atoms with Crippen molar-refractivity contribution in [1.29, 1.82) is 21.6 Å². The summed E-state index contributed by atoms with van der Waals surface area (Å²) in [6, 6.07) is 41.3. The summed E-state index contributed by atoms with van der Waals surface area (Å²) in [5.74, 6) is 0.609. The standard InChI is InChI=1S/C22H21ClN6O2.C21H19ClN6O2.C20H18ClN5O2.C19H19ClN6O.H2O/c1-28-18(17(13-26-28)22(31)27-20-8-7-16(23)12-25-20)11-19(30)14-3-5-15(6-4-14)21(24)29-9-2-10-29;1-27-17(16(12-25-27)21(30)26-19-7-6-15(22)11-24-19)10-18(29)13-2-4-14(5-3-13)20(23)28-8-9-28;1-12(22)13-3-5-14(6-4-13)18(27)9-17-16(11-24-26(17)2)20(28)25-19-8-7-15(21)10-23-19;1-26-16(8-4-12-2-5-13(6-3-12)18(21)22)15(11-24-26)19(27)25-17-9-7-14(20)10-23-17;/h3-8,12-13,24H,2,9-11H2,1H3,(H,25,27,31);2-7,11-12,23H,8-10H2,1H3,(H,24,26,30);3-8,10-11,22H,9H2,1-2H3,(H,23,25,28);2-3,5-7,9-11H,4,8H2,1H3,(H3,21,22)(H,23,25,27);1H2. The largest absolute Gasteiger partial charge is 0.412 e. The molecule has 12 aromatic rings. The van der Waals surface area contributed by atoms with E-state index in [9.17, 15) is 33.6 Å². The maximum Gasteiger partial charge on any atom is 0.260 e. The number of aromatic nitrogens is 12. The van der Waals surface area contributed by atoms with Crippen molar-refractivity contribution in [2.75, 3.05) is 47.4 Å². The summed E-state index contributed by atoms with van der Waals surface area (Å²) in [5, 5.41) is 60.7. The van der Waals surface area contributed by atoms with Crippen LogP contribution in [0.25, 0.3) is 0 Å². The molecule has 0 bridgehead atoms. The Kier molecular flexibility index (Phi) is 28.9. The number of hydrogen-bond acceptors (Lipinski definition) is 19. The molecule has 0 atom stereocenters. The van der Waals surface area contributed by atoms with Gasteiger partial charge in [-0.2, -0.15) is 20.4 Å². The molecule has 0 spiro atoms. The Balaban J connectivity index is 0.000000164. The number of nitrogens with one attached hydrogen (secondary N) is 8. The van der Waals surface area contributed by atoms with Gasteiger partial charge in [-0.25, -0.2) is 19.9 Å². The van der Waals surface area contributed by atoms with Crippen LogP contribution in [0.4, 0.5) is 23.3 Å². The van der Waals surface area contributed by atoms with Crippen LogP contribution in [-0.4, -0.2) is 165 Å². The maximum atomic E-state index is 12.9. The molecule has 35 heteroatoms. The van der Waals surface area contributed by atoms with Crippen molar-refractivity contribution in [3.05, 3.63) is 305 Å². The average Bonchev–Trinajstić information content (AvgIpc) is 1.75. The molecule has 2 aliphatic rings. The Hall–Kier alpha value is -13.6. The van der Waals surface area contributed by atoms with Crippen molar-refractivity contribution in [3.8, 4) is 0 Å². The van der Waals surface area contributed by atoms with Crippen LogP contribution in [0.5, 0.6) is 0 Å². The number of benzene rings is 4. The van der Waals surface area contributed by atoms with Gasteiger partial charge in [0.2, 0.25) is 0 Å². The molecular weight excluding hydrogens is 1580 g/mol. The van der Waals surface area contributed by atoms with Crippen LogP contribution in [0.2, 0.25) is 20.1 Å². The van der Waals surface area contributed by atoms with Crippen LogP contribution in [0, 0.1) is 21.6 Å². The van der Waals surface area contributed by atoms with Gasteiger partial charge in [-0.15, -0.1) is 0 Å². The molecule has 4 aromatic carbocycles. The van der Waals surface area contributed by atoms with Crippen molar-refractivity contribution in [2.24, 2.45) is 33.9 Å². The summed E-state index contributed by atoms with van der Waals surface area (Å²) in [6.07, 6.45) is 14.2. The van der Waals surface area contributed by atoms with Gasteiger partial charge in [-0.05, 0) is 85.8 Å². The first-order valence-corrected chi connectivity index (χ1v) is 37.5. The molecular formula is C82H79Cl4N23O8. The highest BCUT2D eigenvalue weighted by Gasteiger charge is 2.27. The van der Waals surface area contributed by atoms with E-state index in [0.29, 0.717) is 129 Å². The van der Waals surface area contributed by atoms with Crippen LogP contribution in [0.1, 0.15) is 136 Å². The number of halogens is 4. The van der Waals surface area contributed by atoms with E-state index in [1.807, 2.05) is 41.1 Å². The maximum absolute atomic E-state index is 12.9. The first-order chi connectivity index (χ1) is 55.6. The van der Waals surface area contributed by atoms with Gasteiger partial charge in [-0.1, -0.05) is 143 Å². The minimum absolute atomic E-state index is 0. The summed E-state index contributed by atoms with van der Waals surface area (Å²) >= 11 is 23.2. The quantitative estimate of drug-likeness (QED) is 0.0117. The van der Waals surface area contributed by atoms with Crippen LogP contribution >= 0.6 is 46.4 Å². The number of rotatable bonds is 24. The lowest BCUT2D eigenvalue weighted by molar-refractivity contribution is 0.0978. The van der Waals surface area contributed by atoms with Crippen LogP contribution in [-0.2, 0) is 60.3 Å². The van der Waals surface area contributed by atoms with Crippen LogP contribution in [0.15, 0.2) is 195 Å². The van der Waals surface area contributed by atoms with Gasteiger partial charge >= 0.3 is 0 Å². The number of nitrogens with zero attached hydrogens (tertiary/aromatic N) is 14. The lowest BCUT2D eigenvalue weighted by Gasteiger charge is -2.33. The van der Waals surface area contributed by atoms with Crippen molar-refractivity contribution < 1.29 is 39.0 Å². The number of carbonyl (C=O) groups is 7. The molecule has 2 saturated heterocycles. The topological polar surface area (TPSA) is 450 Å². The van der Waals surface area contributed by atoms with Gasteiger partial charge < -0.3 is 47.7 Å². The van der Waals surface area contributed by atoms with E-state index in [1.165, 1.54) is 57.4 Å². The number of nitrogens with two attached hydrogens (primary N) is 1. The van der Waals surface area contributed by atoms with Crippen LogP contribution < -0.4 is 27.0 Å². The third-order valence-electron chi connectivity index (χ3n) is 18.5. The monoisotopic (exact) mass is 1650 g/mol. The zero-order valence-electron chi connectivity index (χ0n) is 63.8. The first kappa shape index (κ1) is 85.8. The highest BCUT2D eigenvalue weighted by molar-refractivity contribution is 6.31. The van der Waals surface area contributed by atoms with E-state index in [2.05, 4.69) is 61.6 Å². The average molecular weight is 1660 g/mol. The second-order valence-electron chi connectivity index (χ2n) is 26.6. The molecule has 31 nitrogen and oxygen atoms in total. The molecule has 0 radical (unpaired) electrons. The second-order valence-corrected chi connectivity index (χ2v) is 28.3. The number of amides is 4. The Morgan fingerprint density at radius 2 is 0.632 bits per heavy atom. The molecule has 0 unspecified atom stereocenters. The highest BCUT2D eigenvalue weighted by atomic mass is 35.5. The Labute approximate surface area is 690 Å². The third-order valence-corrected chi connectivity index (χ3v) is 19.4. The van der Waals surface area contributed by atoms with Gasteiger partial charge in [0.25, 0.3) is 23.6 Å². The number of likely N-dealkylation sites (tertiary alicyclic amines) is 1. The van der Waals surface area contributed by atoms with Gasteiger partial charge in [0.05, 0.1) is 109 Å². The molecule has 0 saturated carbocycles. The summed E-state index contributed by atoms with van der Waals surface area (Å²) < 4.78 is 6.26. The molecule has 2 fully saturated rings. The van der Waals surface area contributed by atoms with Crippen LogP contribution in [0.3, 0.4) is 0 Å². The van der Waals surface area contributed by atoms with E-state index in [0.717, 1.165) is 67.0 Å². The van der Waals surface area contributed by atoms with Gasteiger partial charge in [0.1, 0.15) is 40.8 Å². The number of anilines is 4. The Morgan fingerprint density at radius 1 is 0.359 bits per heavy atom. The van der Waals surface area contributed by atoms with Gasteiger partial charge in [0.15, 0.2) is 17.3 Å². The normalized spacial score (nSPS) is 11.6. The molecule has 117 heavy (non-hydrogen) atoms. The predicted octanol–water partition coefficient (Wildman–Crippen LogP) is 11.5. The molecule has 598 valence electrons. The minimum atomic E-state index is -0.402. The fourth-order valence-corrected chi connectivity index (χ4v) is 12.1. The third kappa shape index (κ3) is 22.9. The number of ketones is 3. The molecule has 14 rings (SSSR count). The number of hydrogen-bond donors (Lipinski definition) is 9. The smallest absolute Gasteiger partial charge is 0.260 e. The van der Waals surface area contributed by atoms with Gasteiger partial charge in [-0.3, -0.25) is 68.5 Å². The lowest BCUT2D eigenvalue weighted by Crippen LogP contribution is -2.42. The molecule has 10 heterocycles. The van der Waals surface area contributed by atoms with E-state index in [-0.39, 0.29) is 53.8 Å². The summed E-state index contributed by atoms with van der Waals surface area (Å²) in [4.78, 5) is 109. The summed E-state index contributed by atoms with van der Waals surface area (Å²) in [6.45, 7) is 5.28. The van der Waals surface area contributed by atoms with Gasteiger partial charge in [0, 0.05) is 118 Å². The second kappa shape index (κ2) is 39.4. The predicted molar refractivity (Wildman–Crippen MR) is 447 cm³/mol. The number of aryl methyl sites for hydroxylation is 5. The van der Waals surface area contributed by atoms with Crippen molar-refractivity contribution in [1.82, 2.24) is 68.9 Å². The Morgan fingerprint density at radius 3 is 0.897 bits per heavy atom. The first-order valence-electron chi connectivity index (χ1n) is 35.9. The summed E-state index contributed by atoms with van der Waals surface area (Å²) in [7, 11) is 6.87. The minimum Gasteiger partial charge on any atom is -0.412 e. The number of nitrogen functional groups attached to an aromatic ring is 1. The van der Waals surface area contributed by atoms with E-state index >= 15 is 0 Å². The van der Waals surface area contributed by atoms with Crippen molar-refractivity contribution in [3.63, 3.8) is 0 Å². The summed E-state index contributed by atoms with van der Waals surface area (Å²) in [5.41, 5.74) is 15.3. The zero-order valence-corrected chi connectivity index (χ0v) is 66.8. The molecule has 4 amide bonds. The van der Waals surface area contributed by atoms with Crippen molar-refractivity contribution >= 4 is 134 Å². The molecule has 12 N–H and O–H groups in total. The van der Waals surface area contributed by atoms with E-state index in [1.54, 1.807) is 160 Å². The van der Waals surface area contributed by atoms with E-state index in [4.69, 9.17) is 73.8 Å². The number of pyridine rings is 4. The lowest BCUT2D eigenvalue weighted by atomic mass is 10.0. The molecule has 8 aromatic heterocycles. The SMILES string of the molecule is CC(=N)c1ccc(C(=O)Cc2c(C(=O)Nc3ccc(Cl)cn3)cnn2C)cc1.Cn1ncc(C(=O)Nc2ccc(Cl)cn2)c1CC(=O)c1ccc(C(=N)N2CC2)cc1.Cn1ncc(C(=O)Nc2ccc(Cl)cn2)c1CC(=O)c1ccc(C(=N)N2CCC2)cc1.Cn1ncc(C(=O)Nc2ccc(Cl)cn2)c1CCc1ccc(C(=N)N)cc1.O. The molecule has 2 aliphatic heterocycles. The number of Topliss-reactive ketones (excluding diaryl/α,β-unsaturated/α-hetero) is 3. The fraction of sp³-hybridized carbons (Fsp3) is 0.183. The fourth-order valence-electron chi connectivity index (χ4n) is 11.7. The molecule has 0 aliphatic carbocycles.